The molecule has 0 bridgehead atoms. The molecule has 3 nitrogen and oxygen atoms in total. The Labute approximate surface area is 160 Å². The third-order valence-electron chi connectivity index (χ3n) is 4.96. The zero-order valence-electron chi connectivity index (χ0n) is 15.1. The molecule has 0 radical (unpaired) electrons. The van der Waals surface area contributed by atoms with Crippen molar-refractivity contribution in [1.82, 2.24) is 4.90 Å². The number of rotatable bonds is 4. The molecule has 148 valence electrons. The smallest absolute Gasteiger partial charge is 0.489 e. The Kier molecular flexibility index (Phi) is 5.02. The Morgan fingerprint density at radius 2 is 1.71 bits per heavy atom. The van der Waals surface area contributed by atoms with E-state index >= 15 is 0 Å². The van der Waals surface area contributed by atoms with Gasteiger partial charge in [0.1, 0.15) is 23.9 Å². The molecule has 2 aromatic carbocycles. The first-order valence-electron chi connectivity index (χ1n) is 9.12. The van der Waals surface area contributed by atoms with Crippen LogP contribution in [0.4, 0.5) is 17.6 Å². The summed E-state index contributed by atoms with van der Waals surface area (Å²) >= 11 is 0. The van der Waals surface area contributed by atoms with Crippen molar-refractivity contribution in [3.8, 4) is 11.5 Å². The predicted octanol–water partition coefficient (Wildman–Crippen LogP) is 5.01. The first kappa shape index (κ1) is 18.8. The van der Waals surface area contributed by atoms with Gasteiger partial charge in [0.15, 0.2) is 0 Å². The Morgan fingerprint density at radius 1 is 1.00 bits per heavy atom. The van der Waals surface area contributed by atoms with Crippen LogP contribution in [0.2, 0.25) is 0 Å². The van der Waals surface area contributed by atoms with Crippen LogP contribution in [0, 0.1) is 5.82 Å². The summed E-state index contributed by atoms with van der Waals surface area (Å²) in [4.78, 5) is 2.29. The van der Waals surface area contributed by atoms with Crippen molar-refractivity contribution < 1.29 is 27.0 Å². The molecular weight excluding hydrogens is 374 g/mol. The van der Waals surface area contributed by atoms with E-state index in [0.717, 1.165) is 42.6 Å². The molecule has 0 saturated carbocycles. The van der Waals surface area contributed by atoms with Crippen molar-refractivity contribution in [3.63, 3.8) is 0 Å². The number of benzene rings is 2. The fraction of sp³-hybridized carbons (Fsp3) is 0.333. The van der Waals surface area contributed by atoms with Crippen LogP contribution in [-0.2, 0) is 0 Å². The maximum Gasteiger partial charge on any atom is 0.573 e. The maximum absolute atomic E-state index is 13.4. The van der Waals surface area contributed by atoms with Crippen LogP contribution >= 0.6 is 0 Å². The normalized spacial score (nSPS) is 17.4. The minimum absolute atomic E-state index is 0.308. The standard InChI is InChI=1S/C21H19F4NO2/c22-16-5-3-14(4-6-16)20-15(12-26-9-1-2-10-26)13-27-19-8-7-17(11-18(19)20)28-21(23,24)25/h3-8,11H,1-2,9-10,12-13H2. The number of likely N-dealkylation sites (tertiary alicyclic amines) is 1. The number of hydrogen-bond acceptors (Lipinski definition) is 3. The number of nitrogens with zero attached hydrogens (tertiary/aromatic N) is 1. The van der Waals surface area contributed by atoms with E-state index in [1.807, 2.05) is 0 Å². The minimum atomic E-state index is -4.78. The summed E-state index contributed by atoms with van der Waals surface area (Å²) in [7, 11) is 0. The highest BCUT2D eigenvalue weighted by Gasteiger charge is 2.32. The maximum atomic E-state index is 13.4. The van der Waals surface area contributed by atoms with E-state index in [1.165, 1.54) is 30.3 Å². The lowest BCUT2D eigenvalue weighted by Crippen LogP contribution is -2.27. The molecule has 0 amide bonds. The Hall–Kier alpha value is -2.54. The lowest BCUT2D eigenvalue weighted by atomic mass is 9.90. The fourth-order valence-corrected chi connectivity index (χ4v) is 3.77. The molecular formula is C21H19F4NO2. The van der Waals surface area contributed by atoms with Gasteiger partial charge in [-0.25, -0.2) is 4.39 Å². The second-order valence-electron chi connectivity index (χ2n) is 6.96. The number of alkyl halides is 3. The van der Waals surface area contributed by atoms with E-state index in [4.69, 9.17) is 4.74 Å². The van der Waals surface area contributed by atoms with Gasteiger partial charge in [0.05, 0.1) is 0 Å². The van der Waals surface area contributed by atoms with E-state index in [9.17, 15) is 17.6 Å². The number of halogens is 4. The van der Waals surface area contributed by atoms with Crippen LogP contribution in [-0.4, -0.2) is 37.5 Å². The van der Waals surface area contributed by atoms with Crippen molar-refractivity contribution in [1.29, 1.82) is 0 Å². The monoisotopic (exact) mass is 393 g/mol. The molecule has 2 heterocycles. The van der Waals surface area contributed by atoms with Gasteiger partial charge in [0.25, 0.3) is 0 Å². The molecule has 1 saturated heterocycles. The van der Waals surface area contributed by atoms with Crippen molar-refractivity contribution >= 4 is 5.57 Å². The molecule has 2 aliphatic rings. The first-order valence-corrected chi connectivity index (χ1v) is 9.12. The molecule has 0 aromatic heterocycles. The molecule has 0 unspecified atom stereocenters. The number of fused-ring (bicyclic) bond motifs is 1. The zero-order valence-corrected chi connectivity index (χ0v) is 15.1. The zero-order chi connectivity index (χ0) is 19.7. The predicted molar refractivity (Wildman–Crippen MR) is 96.7 cm³/mol. The van der Waals surface area contributed by atoms with E-state index in [0.29, 0.717) is 24.5 Å². The van der Waals surface area contributed by atoms with Gasteiger partial charge in [0, 0.05) is 12.1 Å². The lowest BCUT2D eigenvalue weighted by Gasteiger charge is -2.28. The van der Waals surface area contributed by atoms with Crippen molar-refractivity contribution in [2.24, 2.45) is 0 Å². The summed E-state index contributed by atoms with van der Waals surface area (Å²) < 4.78 is 61.3. The highest BCUT2D eigenvalue weighted by atomic mass is 19.4. The van der Waals surface area contributed by atoms with Crippen LogP contribution in [0.1, 0.15) is 24.0 Å². The molecule has 1 fully saturated rings. The summed E-state index contributed by atoms with van der Waals surface area (Å²) in [6.07, 6.45) is -2.53. The average molecular weight is 393 g/mol. The molecule has 28 heavy (non-hydrogen) atoms. The molecule has 2 aliphatic heterocycles. The van der Waals surface area contributed by atoms with Gasteiger partial charge in [-0.05, 0) is 73.0 Å². The summed E-state index contributed by atoms with van der Waals surface area (Å²) in [5.41, 5.74) is 3.00. The largest absolute Gasteiger partial charge is 0.573 e. The first-order chi connectivity index (χ1) is 13.4. The summed E-state index contributed by atoms with van der Waals surface area (Å²) in [6, 6.07) is 10.0. The van der Waals surface area contributed by atoms with Crippen molar-refractivity contribution in [3.05, 3.63) is 65.0 Å². The molecule has 4 rings (SSSR count). The average Bonchev–Trinajstić information content (AvgIpc) is 3.14. The Morgan fingerprint density at radius 3 is 2.39 bits per heavy atom. The SMILES string of the molecule is Fc1ccc(C2=C(CN3CCCC3)COc3ccc(OC(F)(F)F)cc32)cc1. The quantitative estimate of drug-likeness (QED) is 0.682. The fourth-order valence-electron chi connectivity index (χ4n) is 3.77. The van der Waals surface area contributed by atoms with Crippen molar-refractivity contribution in [2.75, 3.05) is 26.2 Å². The van der Waals surface area contributed by atoms with E-state index in [-0.39, 0.29) is 11.6 Å². The lowest BCUT2D eigenvalue weighted by molar-refractivity contribution is -0.274. The summed E-state index contributed by atoms with van der Waals surface area (Å²) in [5, 5.41) is 0. The Balaban J connectivity index is 1.79. The van der Waals surface area contributed by atoms with Crippen LogP contribution < -0.4 is 9.47 Å². The third-order valence-corrected chi connectivity index (χ3v) is 4.96. The summed E-state index contributed by atoms with van der Waals surface area (Å²) in [6.45, 7) is 2.96. The van der Waals surface area contributed by atoms with E-state index in [1.54, 1.807) is 12.1 Å². The molecule has 0 N–H and O–H groups in total. The highest BCUT2D eigenvalue weighted by molar-refractivity contribution is 5.87. The van der Waals surface area contributed by atoms with Gasteiger partial charge in [-0.3, -0.25) is 4.90 Å². The summed E-state index contributed by atoms with van der Waals surface area (Å²) in [5.74, 6) is -0.192. The highest BCUT2D eigenvalue weighted by Crippen LogP contribution is 2.40. The molecule has 0 spiro atoms. The van der Waals surface area contributed by atoms with Gasteiger partial charge in [-0.2, -0.15) is 0 Å². The third kappa shape index (κ3) is 4.14. The van der Waals surface area contributed by atoms with Gasteiger partial charge in [-0.1, -0.05) is 12.1 Å². The minimum Gasteiger partial charge on any atom is -0.489 e. The van der Waals surface area contributed by atoms with E-state index in [2.05, 4.69) is 9.64 Å². The molecule has 0 aliphatic carbocycles. The van der Waals surface area contributed by atoms with Gasteiger partial charge in [0.2, 0.25) is 0 Å². The molecule has 2 aromatic rings. The second-order valence-corrected chi connectivity index (χ2v) is 6.96. The topological polar surface area (TPSA) is 21.7 Å². The number of ether oxygens (including phenoxy) is 2. The van der Waals surface area contributed by atoms with Crippen LogP contribution in [0.15, 0.2) is 48.0 Å². The van der Waals surface area contributed by atoms with Gasteiger partial charge >= 0.3 is 6.36 Å². The van der Waals surface area contributed by atoms with Crippen LogP contribution in [0.3, 0.4) is 0 Å². The van der Waals surface area contributed by atoms with Gasteiger partial charge < -0.3 is 9.47 Å². The second kappa shape index (κ2) is 7.47. The van der Waals surface area contributed by atoms with E-state index < -0.39 is 6.36 Å². The Bertz CT molecular complexity index is 884. The van der Waals surface area contributed by atoms with Crippen LogP contribution in [0.5, 0.6) is 11.5 Å². The molecule has 7 heteroatoms. The van der Waals surface area contributed by atoms with Gasteiger partial charge in [-0.15, -0.1) is 13.2 Å². The molecule has 0 atom stereocenters. The number of hydrogen-bond donors (Lipinski definition) is 0. The van der Waals surface area contributed by atoms with Crippen molar-refractivity contribution in [2.45, 2.75) is 19.2 Å². The van der Waals surface area contributed by atoms with Crippen LogP contribution in [0.25, 0.3) is 5.57 Å².